The number of hydrogen-bond acceptors (Lipinski definition) is 6. The number of aromatic nitrogens is 3. The Morgan fingerprint density at radius 2 is 1.85 bits per heavy atom. The van der Waals surface area contributed by atoms with Crippen LogP contribution in [0.1, 0.15) is 31.7 Å². The number of pyridine rings is 1. The van der Waals surface area contributed by atoms with Crippen molar-refractivity contribution < 1.29 is 0 Å². The summed E-state index contributed by atoms with van der Waals surface area (Å²) in [5, 5.41) is 0.984. The minimum Gasteiger partial charge on any atom is -0.377 e. The highest BCUT2D eigenvalue weighted by molar-refractivity contribution is 7.25. The molecule has 1 saturated carbocycles. The van der Waals surface area contributed by atoms with E-state index >= 15 is 0 Å². The van der Waals surface area contributed by atoms with Crippen molar-refractivity contribution in [2.75, 3.05) is 33.1 Å². The van der Waals surface area contributed by atoms with Crippen LogP contribution in [-0.2, 0) is 0 Å². The Labute approximate surface area is 157 Å². The minimum absolute atomic E-state index is 0.0796. The average Bonchev–Trinajstić information content (AvgIpc) is 3.02. The maximum absolute atomic E-state index is 13.2. The van der Waals surface area contributed by atoms with Gasteiger partial charge in [-0.3, -0.25) is 9.36 Å². The van der Waals surface area contributed by atoms with Gasteiger partial charge in [0, 0.05) is 32.4 Å². The molecule has 0 aromatic carbocycles. The van der Waals surface area contributed by atoms with Gasteiger partial charge in [-0.2, -0.15) is 0 Å². The summed E-state index contributed by atoms with van der Waals surface area (Å²) in [6.45, 7) is 0. The second-order valence-corrected chi connectivity index (χ2v) is 8.57. The zero-order valence-corrected chi connectivity index (χ0v) is 16.6. The van der Waals surface area contributed by atoms with Crippen LogP contribution in [-0.4, -0.2) is 53.7 Å². The van der Waals surface area contributed by atoms with Crippen LogP contribution < -0.4 is 10.5 Å². The summed E-state index contributed by atoms with van der Waals surface area (Å²) in [5.74, 6) is 0. The fourth-order valence-corrected chi connectivity index (χ4v) is 5.09. The summed E-state index contributed by atoms with van der Waals surface area (Å²) in [7, 11) is 8.28. The monoisotopic (exact) mass is 371 g/mol. The van der Waals surface area contributed by atoms with E-state index in [1.54, 1.807) is 12.5 Å². The van der Waals surface area contributed by atoms with Crippen LogP contribution in [0.4, 0.5) is 5.69 Å². The Morgan fingerprint density at radius 1 is 1.12 bits per heavy atom. The second-order valence-electron chi connectivity index (χ2n) is 7.57. The van der Waals surface area contributed by atoms with Crippen LogP contribution in [0.5, 0.6) is 0 Å². The Kier molecular flexibility index (Phi) is 4.44. The first-order valence-electron chi connectivity index (χ1n) is 9.09. The first kappa shape index (κ1) is 17.4. The van der Waals surface area contributed by atoms with Gasteiger partial charge in [-0.15, -0.1) is 11.3 Å². The van der Waals surface area contributed by atoms with Gasteiger partial charge in [-0.05, 0) is 45.8 Å². The molecule has 6 nitrogen and oxygen atoms in total. The highest BCUT2D eigenvalue weighted by Crippen LogP contribution is 2.36. The van der Waals surface area contributed by atoms with Gasteiger partial charge in [0.25, 0.3) is 5.56 Å². The predicted molar refractivity (Wildman–Crippen MR) is 108 cm³/mol. The van der Waals surface area contributed by atoms with E-state index in [9.17, 15) is 4.79 Å². The molecule has 0 unspecified atom stereocenters. The van der Waals surface area contributed by atoms with Crippen LogP contribution in [0.25, 0.3) is 20.4 Å². The molecular formula is C19H25N5OS. The maximum Gasteiger partial charge on any atom is 0.271 e. The molecular weight excluding hydrogens is 346 g/mol. The fraction of sp³-hybridized carbons (Fsp3) is 0.526. The van der Waals surface area contributed by atoms with Gasteiger partial charge >= 0.3 is 0 Å². The van der Waals surface area contributed by atoms with E-state index in [0.29, 0.717) is 6.04 Å². The Hall–Kier alpha value is -1.99. The molecule has 3 aromatic heterocycles. The summed E-state index contributed by atoms with van der Waals surface area (Å²) in [6, 6.07) is 2.85. The van der Waals surface area contributed by atoms with Crippen molar-refractivity contribution in [1.29, 1.82) is 0 Å². The van der Waals surface area contributed by atoms with Gasteiger partial charge in [0.2, 0.25) is 0 Å². The van der Waals surface area contributed by atoms with E-state index in [0.717, 1.165) is 51.8 Å². The van der Waals surface area contributed by atoms with Crippen LogP contribution >= 0.6 is 11.3 Å². The highest BCUT2D eigenvalue weighted by Gasteiger charge is 2.25. The summed E-state index contributed by atoms with van der Waals surface area (Å²) < 4.78 is 2.58. The van der Waals surface area contributed by atoms with E-state index in [1.165, 1.54) is 11.3 Å². The summed E-state index contributed by atoms with van der Waals surface area (Å²) in [4.78, 5) is 27.6. The van der Waals surface area contributed by atoms with Crippen LogP contribution in [0, 0.1) is 0 Å². The predicted octanol–water partition coefficient (Wildman–Crippen LogP) is 3.12. The van der Waals surface area contributed by atoms with E-state index in [4.69, 9.17) is 4.98 Å². The van der Waals surface area contributed by atoms with Gasteiger partial charge in [-0.1, -0.05) is 0 Å². The van der Waals surface area contributed by atoms with E-state index < -0.39 is 0 Å². The molecule has 1 aliphatic rings. The third kappa shape index (κ3) is 2.79. The number of fused-ring (bicyclic) bond motifs is 3. The first-order valence-corrected chi connectivity index (χ1v) is 9.91. The highest BCUT2D eigenvalue weighted by atomic mass is 32.1. The lowest BCUT2D eigenvalue weighted by Crippen LogP contribution is -2.35. The molecule has 0 aliphatic heterocycles. The third-order valence-electron chi connectivity index (χ3n) is 5.56. The molecule has 0 saturated heterocycles. The topological polar surface area (TPSA) is 54.3 Å². The Bertz CT molecular complexity index is 998. The molecule has 138 valence electrons. The molecule has 0 bridgehead atoms. The van der Waals surface area contributed by atoms with Gasteiger partial charge in [0.15, 0.2) is 0 Å². The Morgan fingerprint density at radius 3 is 2.50 bits per heavy atom. The number of hydrogen-bond donors (Lipinski definition) is 0. The van der Waals surface area contributed by atoms with Crippen molar-refractivity contribution >= 4 is 37.5 Å². The largest absolute Gasteiger partial charge is 0.377 e. The quantitative estimate of drug-likeness (QED) is 0.708. The van der Waals surface area contributed by atoms with Crippen molar-refractivity contribution in [3.05, 3.63) is 28.9 Å². The van der Waals surface area contributed by atoms with Crippen LogP contribution in [0.3, 0.4) is 0 Å². The molecule has 1 aliphatic carbocycles. The lowest BCUT2D eigenvalue weighted by molar-refractivity contribution is 0.193. The molecule has 0 amide bonds. The fourth-order valence-electron chi connectivity index (χ4n) is 4.03. The SMILES string of the molecule is CN(C)c1ccnc2sc3c(=O)n(C4CCC(N(C)C)CC4)cnc3c12. The molecule has 0 spiro atoms. The van der Waals surface area contributed by atoms with Crippen molar-refractivity contribution in [3.63, 3.8) is 0 Å². The summed E-state index contributed by atoms with van der Waals surface area (Å²) >= 11 is 1.46. The molecule has 7 heteroatoms. The second kappa shape index (κ2) is 6.63. The lowest BCUT2D eigenvalue weighted by atomic mass is 9.90. The van der Waals surface area contributed by atoms with Crippen molar-refractivity contribution in [1.82, 2.24) is 19.4 Å². The molecule has 0 atom stereocenters. The maximum atomic E-state index is 13.2. The average molecular weight is 372 g/mol. The molecule has 1 fully saturated rings. The normalized spacial score (nSPS) is 21.0. The van der Waals surface area contributed by atoms with Gasteiger partial charge in [0.1, 0.15) is 9.53 Å². The Balaban J connectivity index is 1.78. The van der Waals surface area contributed by atoms with E-state index in [1.807, 2.05) is 29.6 Å². The summed E-state index contributed by atoms with van der Waals surface area (Å²) in [5.41, 5.74) is 1.92. The van der Waals surface area contributed by atoms with Crippen LogP contribution in [0.2, 0.25) is 0 Å². The minimum atomic E-state index is 0.0796. The molecule has 3 aromatic rings. The van der Waals surface area contributed by atoms with Crippen LogP contribution in [0.15, 0.2) is 23.4 Å². The molecule has 4 rings (SSSR count). The summed E-state index contributed by atoms with van der Waals surface area (Å²) in [6.07, 6.45) is 7.86. The number of nitrogens with zero attached hydrogens (tertiary/aromatic N) is 5. The zero-order valence-electron chi connectivity index (χ0n) is 15.8. The third-order valence-corrected chi connectivity index (χ3v) is 6.63. The molecule has 26 heavy (non-hydrogen) atoms. The number of rotatable bonds is 3. The lowest BCUT2D eigenvalue weighted by Gasteiger charge is -2.33. The van der Waals surface area contributed by atoms with Crippen molar-refractivity contribution in [2.45, 2.75) is 37.8 Å². The van der Waals surface area contributed by atoms with E-state index in [2.05, 4.69) is 24.0 Å². The van der Waals surface area contributed by atoms with Crippen molar-refractivity contribution in [2.24, 2.45) is 0 Å². The molecule has 3 heterocycles. The van der Waals surface area contributed by atoms with Crippen molar-refractivity contribution in [3.8, 4) is 0 Å². The smallest absolute Gasteiger partial charge is 0.271 e. The van der Waals surface area contributed by atoms with Gasteiger partial charge in [0.05, 0.1) is 22.9 Å². The first-order chi connectivity index (χ1) is 12.5. The zero-order chi connectivity index (χ0) is 18.4. The van der Waals surface area contributed by atoms with Gasteiger partial charge in [-0.25, -0.2) is 9.97 Å². The number of thiophene rings is 1. The molecule has 0 radical (unpaired) electrons. The standard InChI is InChI=1S/C19H25N5OS/c1-22(2)12-5-7-13(8-6-12)24-11-21-16-15-14(23(3)4)9-10-20-18(15)26-17(16)19(24)25/h9-13H,5-8H2,1-4H3. The van der Waals surface area contributed by atoms with Gasteiger partial charge < -0.3 is 9.80 Å². The molecule has 0 N–H and O–H groups in total. The van der Waals surface area contributed by atoms with E-state index in [-0.39, 0.29) is 11.6 Å². The number of anilines is 1.